The highest BCUT2D eigenvalue weighted by molar-refractivity contribution is 7.86. The summed E-state index contributed by atoms with van der Waals surface area (Å²) in [6, 6.07) is 2.07. The van der Waals surface area contributed by atoms with Crippen LogP contribution in [0.1, 0.15) is 26.2 Å². The van der Waals surface area contributed by atoms with E-state index >= 15 is 0 Å². The van der Waals surface area contributed by atoms with Crippen LogP contribution >= 0.6 is 0 Å². The smallest absolute Gasteiger partial charge is 0.281 e. The van der Waals surface area contributed by atoms with Crippen molar-refractivity contribution >= 4 is 10.2 Å². The van der Waals surface area contributed by atoms with Crippen LogP contribution in [-0.2, 0) is 14.9 Å². The molecular weight excluding hydrogens is 278 g/mol. The van der Waals surface area contributed by atoms with Crippen LogP contribution < -0.4 is 0 Å². The molecule has 2 unspecified atom stereocenters. The van der Waals surface area contributed by atoms with Gasteiger partial charge in [0.2, 0.25) is 0 Å². The maximum Gasteiger partial charge on any atom is 0.281 e. The molecule has 2 atom stereocenters. The standard InChI is InChI=1S/C13H25N3O3S/c1-12(8-14)9-15(2)20(17,18)16-7-5-4-6-13(10-16)11-19-3/h12-13H,4-7,9-11H2,1-3H3. The van der Waals surface area contributed by atoms with Gasteiger partial charge in [0.05, 0.1) is 18.6 Å². The Labute approximate surface area is 122 Å². The van der Waals surface area contributed by atoms with Crippen LogP contribution in [0.25, 0.3) is 0 Å². The Hall–Kier alpha value is -0.680. The summed E-state index contributed by atoms with van der Waals surface area (Å²) in [7, 11) is -0.297. The van der Waals surface area contributed by atoms with E-state index in [0.29, 0.717) is 19.7 Å². The van der Waals surface area contributed by atoms with E-state index in [0.717, 1.165) is 19.3 Å². The summed E-state index contributed by atoms with van der Waals surface area (Å²) in [6.07, 6.45) is 2.90. The average molecular weight is 303 g/mol. The lowest BCUT2D eigenvalue weighted by Gasteiger charge is -2.28. The first-order valence-corrected chi connectivity index (χ1v) is 8.41. The maximum absolute atomic E-state index is 12.5. The van der Waals surface area contributed by atoms with E-state index in [-0.39, 0.29) is 18.4 Å². The summed E-state index contributed by atoms with van der Waals surface area (Å²) in [5.41, 5.74) is 0. The zero-order chi connectivity index (χ0) is 15.2. The van der Waals surface area contributed by atoms with Gasteiger partial charge in [-0.3, -0.25) is 0 Å². The Morgan fingerprint density at radius 1 is 1.50 bits per heavy atom. The van der Waals surface area contributed by atoms with Crippen LogP contribution in [0.2, 0.25) is 0 Å². The van der Waals surface area contributed by atoms with Crippen molar-refractivity contribution in [3.8, 4) is 6.07 Å². The van der Waals surface area contributed by atoms with Gasteiger partial charge in [-0.15, -0.1) is 0 Å². The molecule has 116 valence electrons. The summed E-state index contributed by atoms with van der Waals surface area (Å²) in [5, 5.41) is 8.82. The molecule has 6 nitrogen and oxygen atoms in total. The molecule has 1 rings (SSSR count). The van der Waals surface area contributed by atoms with E-state index < -0.39 is 10.2 Å². The predicted molar refractivity (Wildman–Crippen MR) is 77.1 cm³/mol. The summed E-state index contributed by atoms with van der Waals surface area (Å²) in [4.78, 5) is 0. The zero-order valence-corrected chi connectivity index (χ0v) is 13.4. The highest BCUT2D eigenvalue weighted by Crippen LogP contribution is 2.20. The molecule has 0 bridgehead atoms. The van der Waals surface area contributed by atoms with E-state index in [4.69, 9.17) is 10.00 Å². The number of nitrogens with zero attached hydrogens (tertiary/aromatic N) is 3. The molecule has 0 radical (unpaired) electrons. The minimum atomic E-state index is -3.48. The molecule has 1 aliphatic heterocycles. The van der Waals surface area contributed by atoms with Gasteiger partial charge < -0.3 is 4.74 Å². The van der Waals surface area contributed by atoms with Gasteiger partial charge in [0.1, 0.15) is 0 Å². The Morgan fingerprint density at radius 3 is 2.80 bits per heavy atom. The highest BCUT2D eigenvalue weighted by Gasteiger charge is 2.31. The van der Waals surface area contributed by atoms with Crippen molar-refractivity contribution in [2.75, 3.05) is 40.4 Å². The summed E-state index contributed by atoms with van der Waals surface area (Å²) < 4.78 is 33.1. The quantitative estimate of drug-likeness (QED) is 0.736. The second kappa shape index (κ2) is 7.93. The van der Waals surface area contributed by atoms with E-state index in [1.807, 2.05) is 0 Å². The largest absolute Gasteiger partial charge is 0.384 e. The maximum atomic E-state index is 12.5. The van der Waals surface area contributed by atoms with Gasteiger partial charge in [0.25, 0.3) is 10.2 Å². The van der Waals surface area contributed by atoms with Crippen molar-refractivity contribution in [3.05, 3.63) is 0 Å². The van der Waals surface area contributed by atoms with Crippen molar-refractivity contribution < 1.29 is 13.2 Å². The van der Waals surface area contributed by atoms with E-state index in [9.17, 15) is 8.42 Å². The molecule has 0 amide bonds. The third-order valence-electron chi connectivity index (χ3n) is 3.61. The topological polar surface area (TPSA) is 73.6 Å². The SMILES string of the molecule is COCC1CCCCN(S(=O)(=O)N(C)CC(C)C#N)C1. The minimum absolute atomic E-state index is 0.226. The molecule has 0 aromatic carbocycles. The first-order chi connectivity index (χ1) is 9.41. The molecule has 0 aromatic rings. The Kier molecular flexibility index (Phi) is 6.89. The van der Waals surface area contributed by atoms with Crippen molar-refractivity contribution in [2.45, 2.75) is 26.2 Å². The fraction of sp³-hybridized carbons (Fsp3) is 0.923. The molecule has 0 N–H and O–H groups in total. The fourth-order valence-electron chi connectivity index (χ4n) is 2.49. The highest BCUT2D eigenvalue weighted by atomic mass is 32.2. The van der Waals surface area contributed by atoms with Crippen LogP contribution in [-0.4, -0.2) is 57.4 Å². The Morgan fingerprint density at radius 2 is 2.20 bits per heavy atom. The van der Waals surface area contributed by atoms with Crippen molar-refractivity contribution in [1.82, 2.24) is 8.61 Å². The number of hydrogen-bond acceptors (Lipinski definition) is 4. The van der Waals surface area contributed by atoms with Gasteiger partial charge >= 0.3 is 0 Å². The summed E-state index contributed by atoms with van der Waals surface area (Å²) in [6.45, 7) is 3.59. The van der Waals surface area contributed by atoms with Crippen molar-refractivity contribution in [1.29, 1.82) is 5.26 Å². The molecule has 1 aliphatic rings. The third-order valence-corrected chi connectivity index (χ3v) is 5.53. The van der Waals surface area contributed by atoms with Gasteiger partial charge in [-0.1, -0.05) is 6.42 Å². The van der Waals surface area contributed by atoms with Crippen molar-refractivity contribution in [2.24, 2.45) is 11.8 Å². The fourth-order valence-corrected chi connectivity index (χ4v) is 4.06. The van der Waals surface area contributed by atoms with E-state index in [2.05, 4.69) is 6.07 Å². The number of rotatable bonds is 6. The summed E-state index contributed by atoms with van der Waals surface area (Å²) in [5.74, 6) is -0.0596. The predicted octanol–water partition coefficient (Wildman–Crippen LogP) is 1.07. The van der Waals surface area contributed by atoms with Gasteiger partial charge in [-0.2, -0.15) is 22.3 Å². The second-order valence-electron chi connectivity index (χ2n) is 5.49. The van der Waals surface area contributed by atoms with Gasteiger partial charge in [-0.25, -0.2) is 0 Å². The van der Waals surface area contributed by atoms with E-state index in [1.54, 1.807) is 21.1 Å². The van der Waals surface area contributed by atoms with Crippen LogP contribution in [0.4, 0.5) is 0 Å². The Bertz CT molecular complexity index is 433. The number of methoxy groups -OCH3 is 1. The average Bonchev–Trinajstić information content (AvgIpc) is 2.65. The lowest BCUT2D eigenvalue weighted by atomic mass is 10.1. The molecule has 7 heteroatoms. The molecule has 0 spiro atoms. The lowest BCUT2D eigenvalue weighted by Crippen LogP contribution is -2.45. The third kappa shape index (κ3) is 4.70. The molecule has 1 heterocycles. The molecule has 1 saturated heterocycles. The minimum Gasteiger partial charge on any atom is -0.384 e. The van der Waals surface area contributed by atoms with Gasteiger partial charge in [0.15, 0.2) is 0 Å². The normalized spacial score (nSPS) is 23.2. The second-order valence-corrected chi connectivity index (χ2v) is 7.53. The van der Waals surface area contributed by atoms with Crippen LogP contribution in [0.5, 0.6) is 0 Å². The monoisotopic (exact) mass is 303 g/mol. The van der Waals surface area contributed by atoms with Crippen molar-refractivity contribution in [3.63, 3.8) is 0 Å². The first kappa shape index (κ1) is 17.4. The number of nitriles is 1. The molecule has 0 aromatic heterocycles. The van der Waals surface area contributed by atoms with Gasteiger partial charge in [0, 0.05) is 33.8 Å². The molecule has 0 aliphatic carbocycles. The molecule has 0 saturated carbocycles. The lowest BCUT2D eigenvalue weighted by molar-refractivity contribution is 0.140. The molecular formula is C13H25N3O3S. The zero-order valence-electron chi connectivity index (χ0n) is 12.6. The number of hydrogen-bond donors (Lipinski definition) is 0. The molecule has 1 fully saturated rings. The van der Waals surface area contributed by atoms with Crippen LogP contribution in [0.15, 0.2) is 0 Å². The first-order valence-electron chi connectivity index (χ1n) is 7.01. The number of ether oxygens (including phenoxy) is 1. The summed E-state index contributed by atoms with van der Waals surface area (Å²) >= 11 is 0. The van der Waals surface area contributed by atoms with Crippen LogP contribution in [0, 0.1) is 23.2 Å². The Balaban J connectivity index is 2.76. The van der Waals surface area contributed by atoms with Gasteiger partial charge in [-0.05, 0) is 25.7 Å². The molecule has 20 heavy (non-hydrogen) atoms. The van der Waals surface area contributed by atoms with E-state index in [1.165, 1.54) is 8.61 Å². The van der Waals surface area contributed by atoms with Crippen LogP contribution in [0.3, 0.4) is 0 Å².